The van der Waals surface area contributed by atoms with Crippen molar-refractivity contribution in [2.75, 3.05) is 4.90 Å². The van der Waals surface area contributed by atoms with Gasteiger partial charge in [-0.15, -0.1) is 11.3 Å². The van der Waals surface area contributed by atoms with Crippen molar-refractivity contribution in [1.82, 2.24) is 0 Å². The molecule has 4 heteroatoms. The van der Waals surface area contributed by atoms with E-state index in [4.69, 9.17) is 8.83 Å². The van der Waals surface area contributed by atoms with Crippen molar-refractivity contribution in [1.29, 1.82) is 0 Å². The standard InChI is InChI=1S/C52H31NO2S/c1-2-11-32(12-3-1)35-14-8-15-37(31-35)53(36-26-23-34(24-27-36)39-18-9-19-41-40-17-6-7-22-45(40)54-50(39)41)44-21-10-20-43-49-47(56-52(43)44)30-28-42-48-38-16-5-4-13-33(38)25-29-46(48)55-51(42)49/h1-31H. The first-order valence-corrected chi connectivity index (χ1v) is 19.7. The van der Waals surface area contributed by atoms with Gasteiger partial charge in [-0.1, -0.05) is 133 Å². The number of furan rings is 2. The fraction of sp³-hybridized carbons (Fsp3) is 0. The molecule has 0 unspecified atom stereocenters. The molecule has 12 aromatic rings. The van der Waals surface area contributed by atoms with Gasteiger partial charge in [-0.2, -0.15) is 0 Å². The number of hydrogen-bond donors (Lipinski definition) is 0. The number of benzene rings is 9. The molecular weight excluding hydrogens is 703 g/mol. The molecule has 0 spiro atoms. The average molecular weight is 734 g/mol. The van der Waals surface area contributed by atoms with Gasteiger partial charge in [0.25, 0.3) is 0 Å². The van der Waals surface area contributed by atoms with E-state index in [0.717, 1.165) is 72.1 Å². The van der Waals surface area contributed by atoms with Crippen molar-refractivity contribution in [3.63, 3.8) is 0 Å². The Kier molecular flexibility index (Phi) is 6.80. The summed E-state index contributed by atoms with van der Waals surface area (Å²) in [5, 5.41) is 9.37. The van der Waals surface area contributed by atoms with E-state index in [1.165, 1.54) is 42.1 Å². The first-order chi connectivity index (χ1) is 27.8. The Morgan fingerprint density at radius 1 is 0.393 bits per heavy atom. The molecule has 0 aliphatic heterocycles. The topological polar surface area (TPSA) is 29.5 Å². The van der Waals surface area contributed by atoms with Crippen LogP contribution in [-0.4, -0.2) is 0 Å². The summed E-state index contributed by atoms with van der Waals surface area (Å²) in [5.74, 6) is 0. The lowest BCUT2D eigenvalue weighted by atomic mass is 10.0. The summed E-state index contributed by atoms with van der Waals surface area (Å²) in [7, 11) is 0. The highest BCUT2D eigenvalue weighted by molar-refractivity contribution is 7.26. The van der Waals surface area contributed by atoms with Crippen LogP contribution in [0, 0.1) is 0 Å². The summed E-state index contributed by atoms with van der Waals surface area (Å²) >= 11 is 1.82. The maximum atomic E-state index is 6.76. The largest absolute Gasteiger partial charge is 0.455 e. The Labute approximate surface area is 325 Å². The van der Waals surface area contributed by atoms with Crippen molar-refractivity contribution < 1.29 is 8.83 Å². The lowest BCUT2D eigenvalue weighted by molar-refractivity contribution is 0.670. The molecule has 0 saturated heterocycles. The Balaban J connectivity index is 1.06. The van der Waals surface area contributed by atoms with Crippen molar-refractivity contribution in [3.8, 4) is 22.3 Å². The summed E-state index contributed by atoms with van der Waals surface area (Å²) in [6.07, 6.45) is 0. The van der Waals surface area contributed by atoms with Crippen molar-refractivity contribution in [2.45, 2.75) is 0 Å². The number of fused-ring (bicyclic) bond motifs is 12. The van der Waals surface area contributed by atoms with Gasteiger partial charge < -0.3 is 13.7 Å². The molecule has 3 heterocycles. The molecule has 0 N–H and O–H groups in total. The molecule has 0 bridgehead atoms. The van der Waals surface area contributed by atoms with Crippen LogP contribution < -0.4 is 4.90 Å². The average Bonchev–Trinajstić information content (AvgIpc) is 3.96. The van der Waals surface area contributed by atoms with Crippen LogP contribution in [0.15, 0.2) is 197 Å². The van der Waals surface area contributed by atoms with Crippen LogP contribution in [0.3, 0.4) is 0 Å². The summed E-state index contributed by atoms with van der Waals surface area (Å²) in [5.41, 5.74) is 11.5. The van der Waals surface area contributed by atoms with Gasteiger partial charge in [0.1, 0.15) is 22.3 Å². The summed E-state index contributed by atoms with van der Waals surface area (Å²) < 4.78 is 15.6. The smallest absolute Gasteiger partial charge is 0.144 e. The first-order valence-electron chi connectivity index (χ1n) is 18.9. The molecular formula is C52H31NO2S. The van der Waals surface area contributed by atoms with Gasteiger partial charge in [0.15, 0.2) is 0 Å². The second-order valence-corrected chi connectivity index (χ2v) is 15.5. The minimum absolute atomic E-state index is 0.903. The van der Waals surface area contributed by atoms with E-state index >= 15 is 0 Å². The van der Waals surface area contributed by atoms with Gasteiger partial charge in [0, 0.05) is 54.0 Å². The van der Waals surface area contributed by atoms with Crippen LogP contribution in [0.4, 0.5) is 17.1 Å². The second-order valence-electron chi connectivity index (χ2n) is 14.4. The van der Waals surface area contributed by atoms with Gasteiger partial charge in [-0.25, -0.2) is 0 Å². The van der Waals surface area contributed by atoms with Gasteiger partial charge in [0.2, 0.25) is 0 Å². The number of anilines is 3. The molecule has 0 saturated carbocycles. The SMILES string of the molecule is c1ccc(-c2cccc(N(c3ccc(-c4cccc5c4oc4ccccc45)cc3)c3cccc4c3sc3ccc5c(oc6ccc7ccccc7c65)c34)c2)cc1. The van der Waals surface area contributed by atoms with E-state index in [0.29, 0.717) is 0 Å². The third-order valence-corrected chi connectivity index (χ3v) is 12.5. The van der Waals surface area contributed by atoms with E-state index in [1.807, 2.05) is 23.5 Å². The minimum Gasteiger partial charge on any atom is -0.455 e. The molecule has 0 atom stereocenters. The highest BCUT2D eigenvalue weighted by Gasteiger charge is 2.22. The third-order valence-electron chi connectivity index (χ3n) is 11.3. The normalized spacial score (nSPS) is 11.9. The number of hydrogen-bond acceptors (Lipinski definition) is 4. The Hall–Kier alpha value is -7.14. The van der Waals surface area contributed by atoms with Gasteiger partial charge in [0.05, 0.1) is 10.4 Å². The first kappa shape index (κ1) is 31.2. The highest BCUT2D eigenvalue weighted by atomic mass is 32.1. The number of nitrogens with zero attached hydrogens (tertiary/aromatic N) is 1. The summed E-state index contributed by atoms with van der Waals surface area (Å²) in [6.45, 7) is 0. The van der Waals surface area contributed by atoms with Gasteiger partial charge in [-0.3, -0.25) is 0 Å². The molecule has 56 heavy (non-hydrogen) atoms. The predicted octanol–water partition coefficient (Wildman–Crippen LogP) is 15.8. The zero-order valence-electron chi connectivity index (χ0n) is 30.1. The van der Waals surface area contributed by atoms with Crippen LogP contribution in [0.25, 0.3) is 97.1 Å². The molecule has 12 rings (SSSR count). The number of thiophene rings is 1. The molecule has 0 amide bonds. The van der Waals surface area contributed by atoms with E-state index in [9.17, 15) is 0 Å². The Bertz CT molecular complexity index is 3480. The third kappa shape index (κ3) is 4.70. The van der Waals surface area contributed by atoms with Crippen molar-refractivity contribution in [3.05, 3.63) is 188 Å². The van der Waals surface area contributed by atoms with Crippen LogP contribution in [0.1, 0.15) is 0 Å². The quantitative estimate of drug-likeness (QED) is 0.176. The summed E-state index contributed by atoms with van der Waals surface area (Å²) in [6, 6.07) is 67.1. The van der Waals surface area contributed by atoms with Gasteiger partial charge in [-0.05, 0) is 82.1 Å². The van der Waals surface area contributed by atoms with E-state index in [2.05, 4.69) is 181 Å². The fourth-order valence-electron chi connectivity index (χ4n) is 8.69. The molecule has 262 valence electrons. The highest BCUT2D eigenvalue weighted by Crippen LogP contribution is 2.49. The molecule has 0 radical (unpaired) electrons. The van der Waals surface area contributed by atoms with Crippen LogP contribution in [0.5, 0.6) is 0 Å². The van der Waals surface area contributed by atoms with Crippen LogP contribution in [-0.2, 0) is 0 Å². The Morgan fingerprint density at radius 2 is 1.12 bits per heavy atom. The van der Waals surface area contributed by atoms with E-state index in [-0.39, 0.29) is 0 Å². The number of rotatable bonds is 5. The molecule has 0 fully saturated rings. The van der Waals surface area contributed by atoms with Crippen molar-refractivity contribution >= 4 is 103 Å². The molecule has 3 aromatic heterocycles. The lowest BCUT2D eigenvalue weighted by Gasteiger charge is -2.27. The lowest BCUT2D eigenvalue weighted by Crippen LogP contribution is -2.10. The van der Waals surface area contributed by atoms with Crippen LogP contribution >= 0.6 is 11.3 Å². The predicted molar refractivity (Wildman–Crippen MR) is 237 cm³/mol. The summed E-state index contributed by atoms with van der Waals surface area (Å²) in [4.78, 5) is 2.40. The van der Waals surface area contributed by atoms with E-state index in [1.54, 1.807) is 0 Å². The van der Waals surface area contributed by atoms with Crippen LogP contribution in [0.2, 0.25) is 0 Å². The van der Waals surface area contributed by atoms with Gasteiger partial charge >= 0.3 is 0 Å². The second kappa shape index (κ2) is 12.2. The van der Waals surface area contributed by atoms with E-state index < -0.39 is 0 Å². The minimum atomic E-state index is 0.903. The number of para-hydroxylation sites is 2. The molecule has 9 aromatic carbocycles. The molecule has 0 aliphatic carbocycles. The maximum absolute atomic E-state index is 6.76. The molecule has 3 nitrogen and oxygen atoms in total. The maximum Gasteiger partial charge on any atom is 0.144 e. The monoisotopic (exact) mass is 733 g/mol. The van der Waals surface area contributed by atoms with Crippen molar-refractivity contribution in [2.24, 2.45) is 0 Å². The zero-order valence-corrected chi connectivity index (χ0v) is 30.9. The zero-order chi connectivity index (χ0) is 36.7. The molecule has 0 aliphatic rings. The fourth-order valence-corrected chi connectivity index (χ4v) is 9.90. The Morgan fingerprint density at radius 3 is 2.04 bits per heavy atom.